The summed E-state index contributed by atoms with van der Waals surface area (Å²) in [6.45, 7) is 2.81. The van der Waals surface area contributed by atoms with Crippen LogP contribution in [0.3, 0.4) is 0 Å². The standard InChI is InChI=1S/C24H18ClN3OS2/c1-2-27-19-15-16(25)13-14-20(19)30-23(27)21-22(29)26-24(31-21)28(17-9-5-3-6-10-17)18-11-7-4-8-12-18/h3-15H,2H2,1H3/b23-21-. The minimum Gasteiger partial charge on any atom is -0.334 e. The van der Waals surface area contributed by atoms with Crippen molar-refractivity contribution in [2.24, 2.45) is 4.99 Å². The van der Waals surface area contributed by atoms with Crippen molar-refractivity contribution in [3.8, 4) is 0 Å². The van der Waals surface area contributed by atoms with Crippen LogP contribution in [0.5, 0.6) is 0 Å². The quantitative estimate of drug-likeness (QED) is 0.394. The maximum atomic E-state index is 13.1. The lowest BCUT2D eigenvalue weighted by Crippen LogP contribution is -2.22. The van der Waals surface area contributed by atoms with Crippen molar-refractivity contribution in [2.45, 2.75) is 11.8 Å². The first-order valence-electron chi connectivity index (χ1n) is 9.86. The van der Waals surface area contributed by atoms with E-state index in [4.69, 9.17) is 11.6 Å². The van der Waals surface area contributed by atoms with Crippen LogP contribution in [0.1, 0.15) is 6.92 Å². The van der Waals surface area contributed by atoms with Gasteiger partial charge in [0, 0.05) is 27.8 Å². The average Bonchev–Trinajstić information content (AvgIpc) is 3.34. The SMILES string of the molecule is CCN1/C(=C2/SC(N(c3ccccc3)c3ccccc3)=NC2=O)Sc2ccc(Cl)cc21. The molecule has 31 heavy (non-hydrogen) atoms. The predicted molar refractivity (Wildman–Crippen MR) is 132 cm³/mol. The Morgan fingerprint density at radius 2 is 1.58 bits per heavy atom. The van der Waals surface area contributed by atoms with Crippen LogP contribution >= 0.6 is 35.1 Å². The number of anilines is 3. The third-order valence-electron chi connectivity index (χ3n) is 4.98. The highest BCUT2D eigenvalue weighted by atomic mass is 35.5. The van der Waals surface area contributed by atoms with Crippen LogP contribution in [-0.4, -0.2) is 17.6 Å². The van der Waals surface area contributed by atoms with Gasteiger partial charge in [0.05, 0.1) is 5.69 Å². The van der Waals surface area contributed by atoms with Gasteiger partial charge >= 0.3 is 0 Å². The molecular weight excluding hydrogens is 446 g/mol. The van der Waals surface area contributed by atoms with Gasteiger partial charge in [0.25, 0.3) is 5.91 Å². The van der Waals surface area contributed by atoms with E-state index < -0.39 is 0 Å². The Balaban J connectivity index is 1.55. The number of hydrogen-bond donors (Lipinski definition) is 0. The van der Waals surface area contributed by atoms with Crippen LogP contribution in [-0.2, 0) is 4.79 Å². The zero-order valence-corrected chi connectivity index (χ0v) is 19.0. The first kappa shape index (κ1) is 20.2. The van der Waals surface area contributed by atoms with E-state index in [1.165, 1.54) is 11.8 Å². The van der Waals surface area contributed by atoms with Crippen LogP contribution in [0.2, 0.25) is 5.02 Å². The Hall–Kier alpha value is -2.67. The second kappa shape index (κ2) is 8.46. The molecule has 3 aromatic carbocycles. The van der Waals surface area contributed by atoms with Gasteiger partial charge in [-0.15, -0.1) is 0 Å². The maximum absolute atomic E-state index is 13.1. The molecule has 0 saturated carbocycles. The summed E-state index contributed by atoms with van der Waals surface area (Å²) in [7, 11) is 0. The molecule has 5 rings (SSSR count). The molecule has 0 saturated heterocycles. The highest BCUT2D eigenvalue weighted by molar-refractivity contribution is 8.19. The minimum atomic E-state index is -0.211. The number of aliphatic imine (C=N–C) groups is 1. The number of amidine groups is 1. The monoisotopic (exact) mass is 463 g/mol. The first-order chi connectivity index (χ1) is 15.2. The summed E-state index contributed by atoms with van der Waals surface area (Å²) in [6, 6.07) is 25.8. The summed E-state index contributed by atoms with van der Waals surface area (Å²) in [5.74, 6) is -0.211. The summed E-state index contributed by atoms with van der Waals surface area (Å²) in [5.41, 5.74) is 2.95. The topological polar surface area (TPSA) is 35.9 Å². The number of amides is 1. The van der Waals surface area contributed by atoms with Gasteiger partial charge in [-0.3, -0.25) is 9.69 Å². The highest BCUT2D eigenvalue weighted by Gasteiger charge is 2.36. The fourth-order valence-corrected chi connectivity index (χ4v) is 6.09. The summed E-state index contributed by atoms with van der Waals surface area (Å²) >= 11 is 9.24. The minimum absolute atomic E-state index is 0.211. The van der Waals surface area contributed by atoms with Gasteiger partial charge in [-0.25, -0.2) is 0 Å². The van der Waals surface area contributed by atoms with Crippen molar-refractivity contribution in [1.29, 1.82) is 0 Å². The smallest absolute Gasteiger partial charge is 0.289 e. The van der Waals surface area contributed by atoms with Gasteiger partial charge in [0.15, 0.2) is 5.17 Å². The molecule has 7 heteroatoms. The molecular formula is C24H18ClN3OS2. The fourth-order valence-electron chi connectivity index (χ4n) is 3.59. The molecule has 0 bridgehead atoms. The Morgan fingerprint density at radius 3 is 2.19 bits per heavy atom. The number of fused-ring (bicyclic) bond motifs is 1. The number of nitrogens with zero attached hydrogens (tertiary/aromatic N) is 3. The van der Waals surface area contributed by atoms with E-state index in [1.807, 2.05) is 83.8 Å². The van der Waals surface area contributed by atoms with Crippen LogP contribution in [0.4, 0.5) is 17.1 Å². The molecule has 1 amide bonds. The van der Waals surface area contributed by atoms with E-state index >= 15 is 0 Å². The van der Waals surface area contributed by atoms with E-state index in [0.717, 1.165) is 33.5 Å². The normalized spacial score (nSPS) is 17.7. The molecule has 154 valence electrons. The third kappa shape index (κ3) is 3.76. The maximum Gasteiger partial charge on any atom is 0.289 e. The van der Waals surface area contributed by atoms with Gasteiger partial charge in [0.1, 0.15) is 9.93 Å². The lowest BCUT2D eigenvalue weighted by atomic mass is 10.2. The predicted octanol–water partition coefficient (Wildman–Crippen LogP) is 6.91. The van der Waals surface area contributed by atoms with Crippen molar-refractivity contribution >= 4 is 63.3 Å². The Morgan fingerprint density at radius 1 is 0.935 bits per heavy atom. The van der Waals surface area contributed by atoms with Crippen LogP contribution in [0.15, 0.2) is 98.7 Å². The summed E-state index contributed by atoms with van der Waals surface area (Å²) in [4.78, 5) is 23.4. The fraction of sp³-hybridized carbons (Fsp3) is 0.0833. The molecule has 0 N–H and O–H groups in total. The van der Waals surface area contributed by atoms with E-state index in [0.29, 0.717) is 15.1 Å². The van der Waals surface area contributed by atoms with Gasteiger partial charge in [-0.05, 0) is 61.2 Å². The van der Waals surface area contributed by atoms with Gasteiger partial charge in [0.2, 0.25) is 0 Å². The van der Waals surface area contributed by atoms with Crippen LogP contribution in [0, 0.1) is 0 Å². The molecule has 0 spiro atoms. The molecule has 3 aromatic rings. The number of carbonyl (C=O) groups is 1. The van der Waals surface area contributed by atoms with E-state index in [9.17, 15) is 4.79 Å². The van der Waals surface area contributed by atoms with Crippen molar-refractivity contribution in [3.63, 3.8) is 0 Å². The Labute approximate surface area is 194 Å². The number of carbonyl (C=O) groups excluding carboxylic acids is 1. The van der Waals surface area contributed by atoms with Gasteiger partial charge in [-0.2, -0.15) is 4.99 Å². The Bertz CT molecular complexity index is 1170. The number of benzene rings is 3. The molecule has 2 aliphatic rings. The summed E-state index contributed by atoms with van der Waals surface area (Å²) in [6.07, 6.45) is 0. The number of thioether (sulfide) groups is 2. The van der Waals surface area contributed by atoms with Crippen molar-refractivity contribution in [2.75, 3.05) is 16.3 Å². The van der Waals surface area contributed by atoms with Gasteiger partial charge in [-0.1, -0.05) is 59.8 Å². The summed E-state index contributed by atoms with van der Waals surface area (Å²) < 4.78 is 0. The Kier molecular flexibility index (Phi) is 5.52. The largest absolute Gasteiger partial charge is 0.334 e. The lowest BCUT2D eigenvalue weighted by Gasteiger charge is -2.24. The van der Waals surface area contributed by atoms with E-state index in [2.05, 4.69) is 16.8 Å². The van der Waals surface area contributed by atoms with Crippen molar-refractivity contribution in [3.05, 3.63) is 93.8 Å². The number of halogens is 1. The lowest BCUT2D eigenvalue weighted by molar-refractivity contribution is -0.113. The van der Waals surface area contributed by atoms with Crippen LogP contribution < -0.4 is 9.80 Å². The zero-order chi connectivity index (χ0) is 21.4. The first-order valence-corrected chi connectivity index (χ1v) is 11.9. The molecule has 0 fully saturated rings. The molecule has 0 atom stereocenters. The van der Waals surface area contributed by atoms with Crippen LogP contribution in [0.25, 0.3) is 0 Å². The highest BCUT2D eigenvalue weighted by Crippen LogP contribution is 2.51. The second-order valence-electron chi connectivity index (χ2n) is 6.90. The number of para-hydroxylation sites is 2. The van der Waals surface area contributed by atoms with Crippen molar-refractivity contribution < 1.29 is 4.79 Å². The average molecular weight is 464 g/mol. The van der Waals surface area contributed by atoms with E-state index in [1.54, 1.807) is 11.8 Å². The van der Waals surface area contributed by atoms with Gasteiger partial charge < -0.3 is 4.90 Å². The molecule has 0 aromatic heterocycles. The molecule has 0 unspecified atom stereocenters. The number of rotatable bonds is 3. The third-order valence-corrected chi connectivity index (χ3v) is 7.55. The molecule has 0 aliphatic carbocycles. The van der Waals surface area contributed by atoms with E-state index in [-0.39, 0.29) is 5.91 Å². The molecule has 2 heterocycles. The summed E-state index contributed by atoms with van der Waals surface area (Å²) in [5, 5.41) is 2.25. The number of hydrogen-bond acceptors (Lipinski definition) is 5. The zero-order valence-electron chi connectivity index (χ0n) is 16.7. The molecule has 4 nitrogen and oxygen atoms in total. The molecule has 0 radical (unpaired) electrons. The van der Waals surface area contributed by atoms with Crippen molar-refractivity contribution in [1.82, 2.24) is 0 Å². The molecule has 2 aliphatic heterocycles. The second-order valence-corrected chi connectivity index (χ2v) is 9.35.